The van der Waals surface area contributed by atoms with Crippen LogP contribution < -0.4 is 5.32 Å². The average Bonchev–Trinajstić information content (AvgIpc) is 2.74. The molecule has 0 bridgehead atoms. The molecule has 2 saturated heterocycles. The van der Waals surface area contributed by atoms with Crippen LogP contribution in [0.2, 0.25) is 0 Å². The first-order valence-electron chi connectivity index (χ1n) is 5.87. The second-order valence-corrected chi connectivity index (χ2v) is 5.06. The number of nitrogens with one attached hydrogen (secondary N) is 1. The second-order valence-electron chi connectivity index (χ2n) is 5.06. The van der Waals surface area contributed by atoms with Gasteiger partial charge in [-0.3, -0.25) is 9.69 Å². The molecule has 90 valence electrons. The first-order valence-corrected chi connectivity index (χ1v) is 5.87. The highest BCUT2D eigenvalue weighted by Gasteiger charge is 2.43. The lowest BCUT2D eigenvalue weighted by atomic mass is 10.1. The average molecular weight is 225 g/mol. The number of rotatable bonds is 3. The highest BCUT2D eigenvalue weighted by Crippen LogP contribution is 2.16. The maximum absolute atomic E-state index is 11.9. The van der Waals surface area contributed by atoms with E-state index in [0.717, 1.165) is 19.6 Å². The molecule has 0 aromatic carbocycles. The van der Waals surface area contributed by atoms with E-state index >= 15 is 0 Å². The summed E-state index contributed by atoms with van der Waals surface area (Å²) in [7, 11) is 0. The summed E-state index contributed by atoms with van der Waals surface area (Å²) in [6.07, 6.45) is 2.46. The van der Waals surface area contributed by atoms with Crippen molar-refractivity contribution in [2.45, 2.75) is 32.2 Å². The molecule has 5 heteroatoms. The van der Waals surface area contributed by atoms with E-state index in [9.17, 15) is 9.59 Å². The van der Waals surface area contributed by atoms with Gasteiger partial charge in [-0.05, 0) is 39.8 Å². The summed E-state index contributed by atoms with van der Waals surface area (Å²) in [6, 6.07) is -0.255. The maximum Gasteiger partial charge on any atom is 0.325 e. The number of amides is 3. The number of urea groups is 1. The Balaban J connectivity index is 1.89. The number of carbonyl (C=O) groups is 2. The van der Waals surface area contributed by atoms with Gasteiger partial charge in [-0.15, -0.1) is 0 Å². The number of imide groups is 1. The number of hydrogen-bond donors (Lipinski definition) is 1. The van der Waals surface area contributed by atoms with Crippen molar-refractivity contribution in [3.8, 4) is 0 Å². The smallest absolute Gasteiger partial charge is 0.324 e. The van der Waals surface area contributed by atoms with E-state index in [2.05, 4.69) is 10.2 Å². The third-order valence-electron chi connectivity index (χ3n) is 3.28. The molecule has 2 aliphatic heterocycles. The van der Waals surface area contributed by atoms with Crippen LogP contribution in [0.1, 0.15) is 26.7 Å². The van der Waals surface area contributed by atoms with E-state index in [-0.39, 0.29) is 11.9 Å². The van der Waals surface area contributed by atoms with Gasteiger partial charge in [-0.25, -0.2) is 4.79 Å². The molecule has 0 aromatic heterocycles. The van der Waals surface area contributed by atoms with Gasteiger partial charge in [-0.2, -0.15) is 0 Å². The lowest BCUT2D eigenvalue weighted by Crippen LogP contribution is -2.41. The Labute approximate surface area is 95.8 Å². The summed E-state index contributed by atoms with van der Waals surface area (Å²) in [4.78, 5) is 27.1. The predicted octanol–water partition coefficient (Wildman–Crippen LogP) is 0.413. The van der Waals surface area contributed by atoms with Crippen LogP contribution in [-0.2, 0) is 4.79 Å². The van der Waals surface area contributed by atoms with Crippen molar-refractivity contribution in [3.05, 3.63) is 0 Å². The molecule has 2 fully saturated rings. The van der Waals surface area contributed by atoms with Gasteiger partial charge in [0.2, 0.25) is 0 Å². The topological polar surface area (TPSA) is 52.7 Å². The van der Waals surface area contributed by atoms with Crippen molar-refractivity contribution in [2.75, 3.05) is 26.2 Å². The van der Waals surface area contributed by atoms with E-state index in [1.807, 2.05) is 0 Å². The van der Waals surface area contributed by atoms with Gasteiger partial charge < -0.3 is 10.2 Å². The minimum atomic E-state index is -0.734. The molecule has 0 aromatic rings. The summed E-state index contributed by atoms with van der Waals surface area (Å²) in [5.41, 5.74) is -0.734. The number of carbonyl (C=O) groups excluding carboxylic acids is 2. The molecule has 2 aliphatic rings. The van der Waals surface area contributed by atoms with Crippen molar-refractivity contribution in [1.82, 2.24) is 15.1 Å². The molecule has 0 radical (unpaired) electrons. The van der Waals surface area contributed by atoms with Crippen LogP contribution in [0, 0.1) is 0 Å². The van der Waals surface area contributed by atoms with Crippen LogP contribution in [-0.4, -0.2) is 53.5 Å². The standard InChI is InChI=1S/C11H19N3O2/c1-11(2)9(15)14(10(16)12-11)8-7-13-5-3-4-6-13/h3-8H2,1-2H3,(H,12,16). The Morgan fingerprint density at radius 3 is 2.31 bits per heavy atom. The molecule has 0 spiro atoms. The zero-order valence-electron chi connectivity index (χ0n) is 9.95. The summed E-state index contributed by atoms with van der Waals surface area (Å²) in [6.45, 7) is 6.97. The lowest BCUT2D eigenvalue weighted by Gasteiger charge is -2.19. The van der Waals surface area contributed by atoms with Gasteiger partial charge >= 0.3 is 6.03 Å². The van der Waals surface area contributed by atoms with Crippen LogP contribution in [0.25, 0.3) is 0 Å². The fourth-order valence-electron chi connectivity index (χ4n) is 2.27. The van der Waals surface area contributed by atoms with Crippen molar-refractivity contribution in [2.24, 2.45) is 0 Å². The normalized spacial score (nSPS) is 25.2. The van der Waals surface area contributed by atoms with Crippen molar-refractivity contribution in [1.29, 1.82) is 0 Å². The quantitative estimate of drug-likeness (QED) is 0.708. The fourth-order valence-corrected chi connectivity index (χ4v) is 2.27. The van der Waals surface area contributed by atoms with Crippen molar-refractivity contribution < 1.29 is 9.59 Å². The molecule has 0 unspecified atom stereocenters. The van der Waals surface area contributed by atoms with E-state index in [4.69, 9.17) is 0 Å². The summed E-state index contributed by atoms with van der Waals surface area (Å²) < 4.78 is 0. The molecule has 1 N–H and O–H groups in total. The first-order chi connectivity index (χ1) is 7.50. The molecule has 2 heterocycles. The molecular weight excluding hydrogens is 206 g/mol. The first kappa shape index (κ1) is 11.4. The molecule has 5 nitrogen and oxygen atoms in total. The predicted molar refractivity (Wildman–Crippen MR) is 60.0 cm³/mol. The van der Waals surface area contributed by atoms with Gasteiger partial charge in [0.15, 0.2) is 0 Å². The molecule has 3 amide bonds. The summed E-state index contributed by atoms with van der Waals surface area (Å²) in [5, 5.41) is 2.69. The van der Waals surface area contributed by atoms with Crippen LogP contribution in [0.3, 0.4) is 0 Å². The van der Waals surface area contributed by atoms with Gasteiger partial charge in [0.1, 0.15) is 5.54 Å². The maximum atomic E-state index is 11.9. The zero-order valence-corrected chi connectivity index (χ0v) is 9.95. The summed E-state index contributed by atoms with van der Waals surface area (Å²) in [5.74, 6) is -0.114. The highest BCUT2D eigenvalue weighted by atomic mass is 16.2. The number of hydrogen-bond acceptors (Lipinski definition) is 3. The zero-order chi connectivity index (χ0) is 11.8. The minimum Gasteiger partial charge on any atom is -0.324 e. The molecule has 2 rings (SSSR count). The highest BCUT2D eigenvalue weighted by molar-refractivity contribution is 6.06. The van der Waals surface area contributed by atoms with Gasteiger partial charge in [0, 0.05) is 13.1 Å². The van der Waals surface area contributed by atoms with E-state index < -0.39 is 5.54 Å². The van der Waals surface area contributed by atoms with Crippen LogP contribution in [0.4, 0.5) is 4.79 Å². The van der Waals surface area contributed by atoms with Gasteiger partial charge in [0.25, 0.3) is 5.91 Å². The van der Waals surface area contributed by atoms with Gasteiger partial charge in [0.05, 0.1) is 0 Å². The Kier molecular flexibility index (Phi) is 2.88. The molecule has 0 aliphatic carbocycles. The van der Waals surface area contributed by atoms with Crippen LogP contribution in [0.5, 0.6) is 0 Å². The SMILES string of the molecule is CC1(C)NC(=O)N(CCN2CCCC2)C1=O. The fraction of sp³-hybridized carbons (Fsp3) is 0.818. The van der Waals surface area contributed by atoms with Gasteiger partial charge in [-0.1, -0.05) is 0 Å². The molecule has 16 heavy (non-hydrogen) atoms. The van der Waals surface area contributed by atoms with Crippen molar-refractivity contribution in [3.63, 3.8) is 0 Å². The number of nitrogens with zero attached hydrogens (tertiary/aromatic N) is 2. The summed E-state index contributed by atoms with van der Waals surface area (Å²) >= 11 is 0. The largest absolute Gasteiger partial charge is 0.325 e. The Bertz CT molecular complexity index is 308. The van der Waals surface area contributed by atoms with E-state index in [1.54, 1.807) is 13.8 Å². The molecular formula is C11H19N3O2. The monoisotopic (exact) mass is 225 g/mol. The third kappa shape index (κ3) is 2.04. The Morgan fingerprint density at radius 2 is 1.81 bits per heavy atom. The lowest BCUT2D eigenvalue weighted by molar-refractivity contribution is -0.130. The Morgan fingerprint density at radius 1 is 1.19 bits per heavy atom. The molecule has 0 saturated carbocycles. The third-order valence-corrected chi connectivity index (χ3v) is 3.28. The second kappa shape index (κ2) is 4.05. The minimum absolute atomic E-state index is 0.114. The number of likely N-dealkylation sites (tertiary alicyclic amines) is 1. The van der Waals surface area contributed by atoms with Crippen molar-refractivity contribution >= 4 is 11.9 Å². The van der Waals surface area contributed by atoms with E-state index in [1.165, 1.54) is 17.7 Å². The Hall–Kier alpha value is -1.10. The van der Waals surface area contributed by atoms with Crippen LogP contribution in [0.15, 0.2) is 0 Å². The molecule has 0 atom stereocenters. The van der Waals surface area contributed by atoms with E-state index in [0.29, 0.717) is 6.54 Å². The van der Waals surface area contributed by atoms with Crippen LogP contribution >= 0.6 is 0 Å².